The van der Waals surface area contributed by atoms with Gasteiger partial charge < -0.3 is 4.74 Å². The van der Waals surface area contributed by atoms with Gasteiger partial charge in [0.15, 0.2) is 0 Å². The Hall–Kier alpha value is -1.16. The van der Waals surface area contributed by atoms with E-state index in [1.54, 1.807) is 6.07 Å². The van der Waals surface area contributed by atoms with Crippen LogP contribution in [0.15, 0.2) is 28.7 Å². The number of esters is 2. The lowest BCUT2D eigenvalue weighted by atomic mass is 10.1. The van der Waals surface area contributed by atoms with E-state index < -0.39 is 11.9 Å². The van der Waals surface area contributed by atoms with Crippen molar-refractivity contribution in [2.75, 3.05) is 0 Å². The third-order valence-corrected chi connectivity index (χ3v) is 2.50. The van der Waals surface area contributed by atoms with Gasteiger partial charge in [-0.1, -0.05) is 34.1 Å². The van der Waals surface area contributed by atoms with E-state index in [9.17, 15) is 9.59 Å². The zero-order valence-electron chi connectivity index (χ0n) is 8.03. The molecule has 0 aliphatic carbocycles. The average molecular weight is 270 g/mol. The van der Waals surface area contributed by atoms with Crippen LogP contribution in [0.3, 0.4) is 0 Å². The van der Waals surface area contributed by atoms with Gasteiger partial charge in [0.05, 0.1) is 6.42 Å². The number of carbonyl (C=O) groups is 2. The molecule has 0 aromatic heterocycles. The molecule has 15 heavy (non-hydrogen) atoms. The lowest BCUT2D eigenvalue weighted by Crippen LogP contribution is -2.13. The third kappa shape index (κ3) is 3.83. The predicted octanol–water partition coefficient (Wildman–Crippen LogP) is 2.29. The number of benzene rings is 1. The second-order valence-electron chi connectivity index (χ2n) is 2.86. The molecule has 3 nitrogen and oxygen atoms in total. The van der Waals surface area contributed by atoms with Crippen LogP contribution in [0.4, 0.5) is 0 Å². The Balaban J connectivity index is 2.59. The zero-order chi connectivity index (χ0) is 11.3. The Morgan fingerprint density at radius 3 is 2.53 bits per heavy atom. The number of ether oxygens (including phenoxy) is 1. The van der Waals surface area contributed by atoms with Crippen LogP contribution in [0.1, 0.15) is 12.0 Å². The van der Waals surface area contributed by atoms with Crippen molar-refractivity contribution in [2.45, 2.75) is 12.8 Å². The highest BCUT2D eigenvalue weighted by Crippen LogP contribution is 2.16. The molecule has 0 spiro atoms. The molecule has 0 N–H and O–H groups in total. The summed E-state index contributed by atoms with van der Waals surface area (Å²) in [6, 6.07) is 7.28. The van der Waals surface area contributed by atoms with Gasteiger partial charge in [0.2, 0.25) is 0 Å². The molecule has 0 saturated heterocycles. The van der Waals surface area contributed by atoms with E-state index in [2.05, 4.69) is 27.6 Å². The molecule has 0 amide bonds. The summed E-state index contributed by atoms with van der Waals surface area (Å²) in [5.41, 5.74) is 0.791. The minimum absolute atomic E-state index is 0.0400. The summed E-state index contributed by atoms with van der Waals surface area (Å²) in [5.74, 6) is -1.16. The smallest absolute Gasteiger partial charge is 0.317 e. The van der Waals surface area contributed by atoms with E-state index in [0.29, 0.717) is 0 Å². The quantitative estimate of drug-likeness (QED) is 0.625. The maximum absolute atomic E-state index is 11.2. The largest absolute Gasteiger partial charge is 0.393 e. The van der Waals surface area contributed by atoms with E-state index in [1.165, 1.54) is 0 Å². The van der Waals surface area contributed by atoms with E-state index in [1.807, 2.05) is 18.2 Å². The highest BCUT2D eigenvalue weighted by atomic mass is 79.9. The van der Waals surface area contributed by atoms with E-state index in [0.717, 1.165) is 10.0 Å². The fourth-order valence-corrected chi connectivity index (χ4v) is 1.44. The van der Waals surface area contributed by atoms with Gasteiger partial charge in [0, 0.05) is 10.9 Å². The van der Waals surface area contributed by atoms with Crippen molar-refractivity contribution in [3.05, 3.63) is 41.2 Å². The summed E-state index contributed by atoms with van der Waals surface area (Å²) in [6.45, 7) is 3.33. The standard InChI is InChI=1S/C11H10BrO3/c1-2-10(13)15-11(14)7-8-5-3-4-6-9(8)12/h3-6H,1-2,7H2. The molecule has 0 atom stereocenters. The number of hydrogen-bond donors (Lipinski definition) is 0. The first kappa shape index (κ1) is 11.9. The molecule has 0 aliphatic heterocycles. The summed E-state index contributed by atoms with van der Waals surface area (Å²) in [5, 5.41) is 0. The van der Waals surface area contributed by atoms with Crippen molar-refractivity contribution >= 4 is 27.9 Å². The molecular formula is C11H10BrO3. The lowest BCUT2D eigenvalue weighted by Gasteiger charge is -2.03. The molecule has 79 valence electrons. The van der Waals surface area contributed by atoms with Crippen molar-refractivity contribution in [1.29, 1.82) is 0 Å². The second kappa shape index (κ2) is 5.66. The molecular weight excluding hydrogens is 260 g/mol. The molecule has 4 heteroatoms. The molecule has 1 radical (unpaired) electrons. The summed E-state index contributed by atoms with van der Waals surface area (Å²) in [4.78, 5) is 22.0. The van der Waals surface area contributed by atoms with Crippen molar-refractivity contribution < 1.29 is 14.3 Å². The zero-order valence-corrected chi connectivity index (χ0v) is 9.62. The fraction of sp³-hybridized carbons (Fsp3) is 0.182. The minimum atomic E-state index is -0.605. The Labute approximate surface area is 96.6 Å². The van der Waals surface area contributed by atoms with Gasteiger partial charge in [-0.15, -0.1) is 0 Å². The van der Waals surface area contributed by atoms with Crippen LogP contribution in [0, 0.1) is 6.92 Å². The van der Waals surface area contributed by atoms with Gasteiger partial charge in [-0.2, -0.15) is 0 Å². The maximum Gasteiger partial charge on any atom is 0.317 e. The second-order valence-corrected chi connectivity index (χ2v) is 3.72. The molecule has 1 aromatic carbocycles. The first-order chi connectivity index (χ1) is 7.13. The lowest BCUT2D eigenvalue weighted by molar-refractivity contribution is -0.158. The van der Waals surface area contributed by atoms with Gasteiger partial charge in [0.25, 0.3) is 0 Å². The summed E-state index contributed by atoms with van der Waals surface area (Å²) in [7, 11) is 0. The van der Waals surface area contributed by atoms with Crippen molar-refractivity contribution in [3.8, 4) is 0 Å². The Bertz CT molecular complexity index is 374. The fourth-order valence-electron chi connectivity index (χ4n) is 1.01. The molecule has 0 aliphatic rings. The monoisotopic (exact) mass is 269 g/mol. The maximum atomic E-state index is 11.2. The molecule has 0 saturated carbocycles. The number of hydrogen-bond acceptors (Lipinski definition) is 3. The van der Waals surface area contributed by atoms with Crippen LogP contribution in [0.2, 0.25) is 0 Å². The normalized spacial score (nSPS) is 9.73. The average Bonchev–Trinajstić information content (AvgIpc) is 2.21. The molecule has 0 bridgehead atoms. The van der Waals surface area contributed by atoms with Crippen molar-refractivity contribution in [3.63, 3.8) is 0 Å². The molecule has 0 heterocycles. The van der Waals surface area contributed by atoms with Gasteiger partial charge in [-0.25, -0.2) is 0 Å². The first-order valence-corrected chi connectivity index (χ1v) is 5.19. The third-order valence-electron chi connectivity index (χ3n) is 1.72. The number of rotatable bonds is 3. The van der Waals surface area contributed by atoms with Crippen LogP contribution in [0.5, 0.6) is 0 Å². The first-order valence-electron chi connectivity index (χ1n) is 4.39. The van der Waals surface area contributed by atoms with E-state index in [4.69, 9.17) is 0 Å². The van der Waals surface area contributed by atoms with Crippen LogP contribution in [0.25, 0.3) is 0 Å². The van der Waals surface area contributed by atoms with E-state index in [-0.39, 0.29) is 12.8 Å². The number of halogens is 1. The highest BCUT2D eigenvalue weighted by Gasteiger charge is 2.10. The predicted molar refractivity (Wildman–Crippen MR) is 58.9 cm³/mol. The molecule has 1 rings (SSSR count). The molecule has 1 aromatic rings. The molecule has 0 fully saturated rings. The summed E-state index contributed by atoms with van der Waals surface area (Å²) < 4.78 is 5.32. The minimum Gasteiger partial charge on any atom is -0.393 e. The van der Waals surface area contributed by atoms with Gasteiger partial charge >= 0.3 is 11.9 Å². The Morgan fingerprint density at radius 2 is 1.93 bits per heavy atom. The van der Waals surface area contributed by atoms with Crippen molar-refractivity contribution in [2.24, 2.45) is 0 Å². The van der Waals surface area contributed by atoms with E-state index >= 15 is 0 Å². The van der Waals surface area contributed by atoms with Crippen molar-refractivity contribution in [1.82, 2.24) is 0 Å². The van der Waals surface area contributed by atoms with Crippen LogP contribution in [-0.4, -0.2) is 11.9 Å². The van der Waals surface area contributed by atoms with Crippen LogP contribution < -0.4 is 0 Å². The Morgan fingerprint density at radius 1 is 1.27 bits per heavy atom. The molecule has 0 unspecified atom stereocenters. The number of carbonyl (C=O) groups excluding carboxylic acids is 2. The van der Waals surface area contributed by atoms with Gasteiger partial charge in [-0.3, -0.25) is 9.59 Å². The van der Waals surface area contributed by atoms with Gasteiger partial charge in [0.1, 0.15) is 0 Å². The Kier molecular flexibility index (Phi) is 4.49. The SMILES string of the molecule is [CH2]CC(=O)OC(=O)Cc1ccccc1Br. The highest BCUT2D eigenvalue weighted by molar-refractivity contribution is 9.10. The van der Waals surface area contributed by atoms with Crippen LogP contribution in [-0.2, 0) is 20.7 Å². The topological polar surface area (TPSA) is 43.4 Å². The summed E-state index contributed by atoms with van der Waals surface area (Å²) in [6.07, 6.45) is 0.0366. The summed E-state index contributed by atoms with van der Waals surface area (Å²) >= 11 is 3.30. The van der Waals surface area contributed by atoms with Crippen LogP contribution >= 0.6 is 15.9 Å². The van der Waals surface area contributed by atoms with Gasteiger partial charge in [-0.05, 0) is 18.6 Å².